The Morgan fingerprint density at radius 2 is 1.80 bits per heavy atom. The van der Waals surface area contributed by atoms with Crippen LogP contribution < -0.4 is 24.8 Å². The van der Waals surface area contributed by atoms with E-state index in [2.05, 4.69) is 42.7 Å². The van der Waals surface area contributed by atoms with Gasteiger partial charge < -0.3 is 24.8 Å². The Kier molecular flexibility index (Phi) is 3.86. The predicted octanol–water partition coefficient (Wildman–Crippen LogP) is 3.91. The molecule has 2 heterocycles. The van der Waals surface area contributed by atoms with Gasteiger partial charge >= 0.3 is 0 Å². The molecule has 0 bridgehead atoms. The van der Waals surface area contributed by atoms with Gasteiger partial charge in [-0.15, -0.1) is 0 Å². The topological polar surface area (TPSA) is 51.8 Å². The molecule has 0 spiro atoms. The lowest BCUT2D eigenvalue weighted by Gasteiger charge is -2.34. The van der Waals surface area contributed by atoms with E-state index in [4.69, 9.17) is 14.2 Å². The fourth-order valence-corrected chi connectivity index (χ4v) is 3.71. The lowest BCUT2D eigenvalue weighted by molar-refractivity contribution is 0.199. The third-order valence-corrected chi connectivity index (χ3v) is 5.28. The van der Waals surface area contributed by atoms with Crippen LogP contribution in [0.1, 0.15) is 22.7 Å². The van der Waals surface area contributed by atoms with Gasteiger partial charge in [0.1, 0.15) is 0 Å². The molecule has 4 rings (SSSR count). The van der Waals surface area contributed by atoms with E-state index in [0.29, 0.717) is 24.0 Å². The third kappa shape index (κ3) is 2.54. The Morgan fingerprint density at radius 1 is 1.04 bits per heavy atom. The Balaban J connectivity index is 1.79. The molecule has 2 aliphatic heterocycles. The van der Waals surface area contributed by atoms with Crippen LogP contribution in [0.15, 0.2) is 24.3 Å². The highest BCUT2D eigenvalue weighted by atomic mass is 16.5. The van der Waals surface area contributed by atoms with Crippen molar-refractivity contribution in [3.05, 3.63) is 41.0 Å². The number of rotatable bonds is 2. The molecule has 0 amide bonds. The maximum atomic E-state index is 6.07. The van der Waals surface area contributed by atoms with Gasteiger partial charge in [-0.2, -0.15) is 0 Å². The number of fused-ring (bicyclic) bond motifs is 4. The molecule has 2 N–H and O–H groups in total. The molecule has 132 valence electrons. The first-order valence-corrected chi connectivity index (χ1v) is 8.61. The van der Waals surface area contributed by atoms with Gasteiger partial charge in [0.05, 0.1) is 38.2 Å². The molecule has 2 aromatic rings. The molecule has 2 aromatic carbocycles. The number of ether oxygens (including phenoxy) is 3. The molecular formula is C20H24N2O3. The summed E-state index contributed by atoms with van der Waals surface area (Å²) in [4.78, 5) is 0. The van der Waals surface area contributed by atoms with Gasteiger partial charge in [-0.25, -0.2) is 0 Å². The average Bonchev–Trinajstić information content (AvgIpc) is 2.80. The van der Waals surface area contributed by atoms with Crippen molar-refractivity contribution >= 4 is 11.4 Å². The smallest absolute Gasteiger partial charge is 0.203 e. The normalized spacial score (nSPS) is 20.6. The van der Waals surface area contributed by atoms with E-state index in [1.807, 2.05) is 6.07 Å². The zero-order valence-corrected chi connectivity index (χ0v) is 15.1. The minimum Gasteiger partial charge on any atom is -0.493 e. The summed E-state index contributed by atoms with van der Waals surface area (Å²) in [6.45, 7) is 5.78. The lowest BCUT2D eigenvalue weighted by atomic mass is 9.90. The standard InChI is InChI=1S/C20H24N2O3/c1-11-7-15-16(8-12(11)2)22-18-13(9-21-15)10-25-19-14(18)5-6-17(23-3)20(19)24-4/h5-8,13,18,21-22H,9-10H2,1-4H3/t13-,18-/m0/s1. The Morgan fingerprint density at radius 3 is 2.52 bits per heavy atom. The molecule has 0 saturated carbocycles. The van der Waals surface area contributed by atoms with Crippen LogP contribution in [0, 0.1) is 19.8 Å². The van der Waals surface area contributed by atoms with Crippen molar-refractivity contribution < 1.29 is 14.2 Å². The van der Waals surface area contributed by atoms with Crippen LogP contribution in [0.4, 0.5) is 11.4 Å². The number of nitrogens with one attached hydrogen (secondary N) is 2. The van der Waals surface area contributed by atoms with Gasteiger partial charge in [-0.1, -0.05) is 0 Å². The second kappa shape index (κ2) is 6.06. The largest absolute Gasteiger partial charge is 0.493 e. The maximum Gasteiger partial charge on any atom is 0.203 e. The third-order valence-electron chi connectivity index (χ3n) is 5.28. The van der Waals surface area contributed by atoms with Crippen LogP contribution in [0.2, 0.25) is 0 Å². The summed E-state index contributed by atoms with van der Waals surface area (Å²) < 4.78 is 17.0. The van der Waals surface area contributed by atoms with Crippen molar-refractivity contribution in [2.45, 2.75) is 19.9 Å². The van der Waals surface area contributed by atoms with E-state index in [-0.39, 0.29) is 6.04 Å². The van der Waals surface area contributed by atoms with Crippen LogP contribution >= 0.6 is 0 Å². The molecule has 25 heavy (non-hydrogen) atoms. The highest BCUT2D eigenvalue weighted by molar-refractivity contribution is 5.73. The van der Waals surface area contributed by atoms with Crippen LogP contribution in [-0.4, -0.2) is 27.4 Å². The van der Waals surface area contributed by atoms with Crippen molar-refractivity contribution in [1.82, 2.24) is 0 Å². The zero-order valence-electron chi connectivity index (χ0n) is 15.1. The van der Waals surface area contributed by atoms with Gasteiger partial charge in [0.25, 0.3) is 0 Å². The van der Waals surface area contributed by atoms with Gasteiger partial charge in [0, 0.05) is 18.0 Å². The second-order valence-electron chi connectivity index (χ2n) is 6.78. The summed E-state index contributed by atoms with van der Waals surface area (Å²) in [6.07, 6.45) is 0. The van der Waals surface area contributed by atoms with Crippen molar-refractivity contribution in [1.29, 1.82) is 0 Å². The minimum absolute atomic E-state index is 0.166. The number of aryl methyl sites for hydroxylation is 2. The monoisotopic (exact) mass is 340 g/mol. The van der Waals surface area contributed by atoms with Crippen molar-refractivity contribution in [3.63, 3.8) is 0 Å². The van der Waals surface area contributed by atoms with E-state index >= 15 is 0 Å². The van der Waals surface area contributed by atoms with Crippen molar-refractivity contribution in [2.24, 2.45) is 5.92 Å². The van der Waals surface area contributed by atoms with E-state index < -0.39 is 0 Å². The van der Waals surface area contributed by atoms with Gasteiger partial charge in [-0.3, -0.25) is 0 Å². The van der Waals surface area contributed by atoms with Crippen LogP contribution in [0.5, 0.6) is 17.2 Å². The van der Waals surface area contributed by atoms with Crippen LogP contribution in [0.25, 0.3) is 0 Å². The van der Waals surface area contributed by atoms with Crippen molar-refractivity contribution in [3.8, 4) is 17.2 Å². The van der Waals surface area contributed by atoms with Crippen LogP contribution in [0.3, 0.4) is 0 Å². The lowest BCUT2D eigenvalue weighted by Crippen LogP contribution is -2.33. The number of hydrogen-bond donors (Lipinski definition) is 2. The first-order chi connectivity index (χ1) is 12.1. The molecule has 2 atom stereocenters. The second-order valence-corrected chi connectivity index (χ2v) is 6.78. The zero-order chi connectivity index (χ0) is 17.6. The molecule has 0 unspecified atom stereocenters. The molecule has 0 radical (unpaired) electrons. The average molecular weight is 340 g/mol. The summed E-state index contributed by atoms with van der Waals surface area (Å²) in [6, 6.07) is 8.62. The number of methoxy groups -OCH3 is 2. The summed E-state index contributed by atoms with van der Waals surface area (Å²) in [5, 5.41) is 7.31. The van der Waals surface area contributed by atoms with Crippen LogP contribution in [-0.2, 0) is 0 Å². The SMILES string of the molecule is COc1ccc2c(c1OC)OC[C@@H]1CNc3cc(C)c(C)cc3N[C@H]21. The number of benzene rings is 2. The van der Waals surface area contributed by atoms with E-state index in [9.17, 15) is 0 Å². The molecule has 2 aliphatic rings. The fraction of sp³-hybridized carbons (Fsp3) is 0.400. The highest BCUT2D eigenvalue weighted by Crippen LogP contribution is 2.48. The molecule has 0 fully saturated rings. The predicted molar refractivity (Wildman–Crippen MR) is 99.3 cm³/mol. The number of anilines is 2. The summed E-state index contributed by atoms with van der Waals surface area (Å²) >= 11 is 0. The highest BCUT2D eigenvalue weighted by Gasteiger charge is 2.36. The van der Waals surface area contributed by atoms with Crippen molar-refractivity contribution in [2.75, 3.05) is 38.0 Å². The van der Waals surface area contributed by atoms with E-state index in [0.717, 1.165) is 29.2 Å². The quantitative estimate of drug-likeness (QED) is 0.868. The number of hydrogen-bond acceptors (Lipinski definition) is 5. The summed E-state index contributed by atoms with van der Waals surface area (Å²) in [7, 11) is 3.29. The van der Waals surface area contributed by atoms with E-state index in [1.165, 1.54) is 11.1 Å². The summed E-state index contributed by atoms with van der Waals surface area (Å²) in [5.41, 5.74) is 5.98. The first-order valence-electron chi connectivity index (χ1n) is 8.61. The first kappa shape index (κ1) is 15.9. The molecule has 5 nitrogen and oxygen atoms in total. The molecule has 0 aromatic heterocycles. The van der Waals surface area contributed by atoms with E-state index in [1.54, 1.807) is 14.2 Å². The van der Waals surface area contributed by atoms with Gasteiger partial charge in [-0.05, 0) is 49.2 Å². The Labute approximate surface area is 148 Å². The minimum atomic E-state index is 0.166. The Bertz CT molecular complexity index is 819. The maximum absolute atomic E-state index is 6.07. The molecule has 0 saturated heterocycles. The molecule has 5 heteroatoms. The molecular weight excluding hydrogens is 316 g/mol. The Hall–Kier alpha value is -2.56. The van der Waals surface area contributed by atoms with Gasteiger partial charge in [0.15, 0.2) is 11.5 Å². The fourth-order valence-electron chi connectivity index (χ4n) is 3.71. The molecule has 0 aliphatic carbocycles. The summed E-state index contributed by atoms with van der Waals surface area (Å²) in [5.74, 6) is 2.47. The van der Waals surface area contributed by atoms with Gasteiger partial charge in [0.2, 0.25) is 5.75 Å².